The summed E-state index contributed by atoms with van der Waals surface area (Å²) < 4.78 is 37.5. The van der Waals surface area contributed by atoms with Gasteiger partial charge in [-0.1, -0.05) is 13.0 Å². The maximum absolute atomic E-state index is 12.5. The van der Waals surface area contributed by atoms with E-state index in [9.17, 15) is 18.0 Å². The lowest BCUT2D eigenvalue weighted by molar-refractivity contribution is -0.137. The van der Waals surface area contributed by atoms with Crippen LogP contribution in [0.2, 0.25) is 0 Å². The first-order valence-electron chi connectivity index (χ1n) is 4.94. The Morgan fingerprint density at radius 1 is 1.41 bits per heavy atom. The molecule has 1 rings (SSSR count). The molecule has 0 fully saturated rings. The van der Waals surface area contributed by atoms with Crippen molar-refractivity contribution in [3.05, 3.63) is 29.3 Å². The van der Waals surface area contributed by atoms with Crippen molar-refractivity contribution in [3.8, 4) is 0 Å². The third-order valence-corrected chi connectivity index (χ3v) is 2.46. The van der Waals surface area contributed by atoms with Gasteiger partial charge in [0.2, 0.25) is 5.91 Å². The summed E-state index contributed by atoms with van der Waals surface area (Å²) in [5.41, 5.74) is 0.00372. The number of benzene rings is 1. The molecule has 2 nitrogen and oxygen atoms in total. The highest BCUT2D eigenvalue weighted by Crippen LogP contribution is 2.32. The average molecular weight is 266 g/mol. The third-order valence-electron chi connectivity index (χ3n) is 2.21. The molecule has 0 saturated heterocycles. The van der Waals surface area contributed by atoms with Gasteiger partial charge in [-0.15, -0.1) is 11.6 Å². The van der Waals surface area contributed by atoms with Crippen LogP contribution < -0.4 is 5.32 Å². The fourth-order valence-electron chi connectivity index (χ4n) is 1.36. The van der Waals surface area contributed by atoms with Crippen molar-refractivity contribution in [3.63, 3.8) is 0 Å². The monoisotopic (exact) mass is 265 g/mol. The number of alkyl halides is 4. The van der Waals surface area contributed by atoms with Gasteiger partial charge in [-0.3, -0.25) is 4.79 Å². The fourth-order valence-corrected chi connectivity index (χ4v) is 1.43. The number of hydrogen-bond donors (Lipinski definition) is 1. The first kappa shape index (κ1) is 13.8. The summed E-state index contributed by atoms with van der Waals surface area (Å²) in [4.78, 5) is 11.1. The lowest BCUT2D eigenvalue weighted by Crippen LogP contribution is -2.15. The highest BCUT2D eigenvalue weighted by atomic mass is 35.5. The number of carbonyl (C=O) groups is 1. The fraction of sp³-hybridized carbons (Fsp3) is 0.364. The van der Waals surface area contributed by atoms with Gasteiger partial charge < -0.3 is 5.32 Å². The van der Waals surface area contributed by atoms with Gasteiger partial charge in [0.05, 0.1) is 5.56 Å². The van der Waals surface area contributed by atoms with E-state index in [1.807, 2.05) is 0 Å². The predicted molar refractivity (Wildman–Crippen MR) is 60.2 cm³/mol. The quantitative estimate of drug-likeness (QED) is 0.834. The molecule has 1 aromatic carbocycles. The van der Waals surface area contributed by atoms with Crippen molar-refractivity contribution in [2.45, 2.75) is 19.5 Å². The van der Waals surface area contributed by atoms with Crippen molar-refractivity contribution in [2.75, 3.05) is 11.2 Å². The maximum Gasteiger partial charge on any atom is 0.416 e. The maximum atomic E-state index is 12.5. The summed E-state index contributed by atoms with van der Waals surface area (Å²) in [7, 11) is 0. The molecule has 1 amide bonds. The average Bonchev–Trinajstić information content (AvgIpc) is 2.27. The van der Waals surface area contributed by atoms with E-state index in [-0.39, 0.29) is 11.6 Å². The molecule has 0 unspecified atom stereocenters. The Labute approximate surface area is 102 Å². The molecule has 0 spiro atoms. The molecular formula is C11H11ClF3NO. The first-order valence-corrected chi connectivity index (χ1v) is 5.48. The molecule has 0 radical (unpaired) electrons. The molecule has 1 aromatic rings. The third kappa shape index (κ3) is 3.63. The molecule has 0 heterocycles. The minimum absolute atomic E-state index is 0.160. The Bertz CT molecular complexity index is 418. The van der Waals surface area contributed by atoms with Gasteiger partial charge in [0.15, 0.2) is 0 Å². The topological polar surface area (TPSA) is 29.1 Å². The number of halogens is 4. The summed E-state index contributed by atoms with van der Waals surface area (Å²) in [6, 6.07) is 3.27. The van der Waals surface area contributed by atoms with Crippen LogP contribution in [0.25, 0.3) is 0 Å². The van der Waals surface area contributed by atoms with E-state index < -0.39 is 17.6 Å². The number of rotatable bonds is 3. The van der Waals surface area contributed by atoms with Crippen LogP contribution in [0.1, 0.15) is 18.1 Å². The molecule has 0 bridgehead atoms. The molecule has 0 saturated carbocycles. The van der Waals surface area contributed by atoms with E-state index in [1.165, 1.54) is 6.07 Å². The lowest BCUT2D eigenvalue weighted by atomic mass is 10.1. The highest BCUT2D eigenvalue weighted by Gasteiger charge is 2.31. The Morgan fingerprint density at radius 2 is 2.06 bits per heavy atom. The summed E-state index contributed by atoms with van der Waals surface area (Å²) in [6.45, 7) is 1.79. The van der Waals surface area contributed by atoms with Crippen molar-refractivity contribution in [1.29, 1.82) is 0 Å². The standard InChI is InChI=1S/C11H11ClF3NO/c1-2-7-3-4-8(11(13,14)15)5-9(7)16-10(17)6-12/h3-5H,2,6H2,1H3,(H,16,17). The van der Waals surface area contributed by atoms with Crippen LogP contribution in [0.5, 0.6) is 0 Å². The summed E-state index contributed by atoms with van der Waals surface area (Å²) in [5, 5.41) is 2.35. The van der Waals surface area contributed by atoms with Crippen LogP contribution >= 0.6 is 11.6 Å². The number of aryl methyl sites for hydroxylation is 1. The van der Waals surface area contributed by atoms with Crippen LogP contribution in [0, 0.1) is 0 Å². The highest BCUT2D eigenvalue weighted by molar-refractivity contribution is 6.29. The van der Waals surface area contributed by atoms with Gasteiger partial charge in [0.1, 0.15) is 5.88 Å². The molecule has 1 N–H and O–H groups in total. The molecule has 94 valence electrons. The second-order valence-electron chi connectivity index (χ2n) is 3.41. The van der Waals surface area contributed by atoms with Crippen LogP contribution in [-0.2, 0) is 17.4 Å². The van der Waals surface area contributed by atoms with Gasteiger partial charge in [0, 0.05) is 5.69 Å². The lowest BCUT2D eigenvalue weighted by Gasteiger charge is -2.13. The van der Waals surface area contributed by atoms with Crippen LogP contribution in [-0.4, -0.2) is 11.8 Å². The predicted octanol–water partition coefficient (Wildman–Crippen LogP) is 3.45. The zero-order valence-electron chi connectivity index (χ0n) is 9.07. The molecule has 0 aliphatic heterocycles. The molecule has 0 atom stereocenters. The van der Waals surface area contributed by atoms with E-state index in [0.717, 1.165) is 12.1 Å². The number of amides is 1. The van der Waals surface area contributed by atoms with Crippen molar-refractivity contribution >= 4 is 23.2 Å². The zero-order valence-corrected chi connectivity index (χ0v) is 9.82. The minimum Gasteiger partial charge on any atom is -0.325 e. The molecule has 0 aromatic heterocycles. The summed E-state index contributed by atoms with van der Waals surface area (Å²) in [6.07, 6.45) is -3.90. The number of nitrogens with one attached hydrogen (secondary N) is 1. The van der Waals surface area contributed by atoms with Crippen LogP contribution in [0.4, 0.5) is 18.9 Å². The van der Waals surface area contributed by atoms with Gasteiger partial charge in [0.25, 0.3) is 0 Å². The van der Waals surface area contributed by atoms with Crippen LogP contribution in [0.3, 0.4) is 0 Å². The van der Waals surface area contributed by atoms with E-state index in [1.54, 1.807) is 6.92 Å². The molecule has 6 heteroatoms. The largest absolute Gasteiger partial charge is 0.416 e. The second-order valence-corrected chi connectivity index (χ2v) is 3.67. The summed E-state index contributed by atoms with van der Waals surface area (Å²) >= 11 is 5.29. The van der Waals surface area contributed by atoms with Gasteiger partial charge >= 0.3 is 6.18 Å². The van der Waals surface area contributed by atoms with Crippen LogP contribution in [0.15, 0.2) is 18.2 Å². The van der Waals surface area contributed by atoms with Crippen molar-refractivity contribution in [1.82, 2.24) is 0 Å². The van der Waals surface area contributed by atoms with E-state index >= 15 is 0 Å². The molecule has 0 aliphatic carbocycles. The zero-order chi connectivity index (χ0) is 13.1. The van der Waals surface area contributed by atoms with Gasteiger partial charge in [-0.05, 0) is 24.1 Å². The Hall–Kier alpha value is -1.23. The first-order chi connectivity index (χ1) is 7.88. The molecule has 0 aliphatic rings. The SMILES string of the molecule is CCc1ccc(C(F)(F)F)cc1NC(=O)CCl. The van der Waals surface area contributed by atoms with Gasteiger partial charge in [-0.25, -0.2) is 0 Å². The van der Waals surface area contributed by atoms with Gasteiger partial charge in [-0.2, -0.15) is 13.2 Å². The van der Waals surface area contributed by atoms with Crippen molar-refractivity contribution < 1.29 is 18.0 Å². The number of hydrogen-bond acceptors (Lipinski definition) is 1. The molecular weight excluding hydrogens is 255 g/mol. The Kier molecular flexibility index (Phi) is 4.40. The Morgan fingerprint density at radius 3 is 2.53 bits per heavy atom. The van der Waals surface area contributed by atoms with E-state index in [2.05, 4.69) is 5.32 Å². The minimum atomic E-state index is -4.42. The van der Waals surface area contributed by atoms with E-state index in [0.29, 0.717) is 12.0 Å². The summed E-state index contributed by atoms with van der Waals surface area (Å²) in [5.74, 6) is -0.819. The van der Waals surface area contributed by atoms with Crippen molar-refractivity contribution in [2.24, 2.45) is 0 Å². The number of anilines is 1. The normalized spacial score (nSPS) is 11.4. The van der Waals surface area contributed by atoms with E-state index in [4.69, 9.17) is 11.6 Å². The molecule has 17 heavy (non-hydrogen) atoms. The second kappa shape index (κ2) is 5.40. The number of carbonyl (C=O) groups excluding carboxylic acids is 1. The Balaban J connectivity index is 3.11. The smallest absolute Gasteiger partial charge is 0.325 e.